The predicted molar refractivity (Wildman–Crippen MR) is 80.1 cm³/mol. The van der Waals surface area contributed by atoms with Crippen molar-refractivity contribution in [2.24, 2.45) is 11.7 Å². The van der Waals surface area contributed by atoms with Crippen LogP contribution in [0.3, 0.4) is 0 Å². The van der Waals surface area contributed by atoms with Gasteiger partial charge in [-0.2, -0.15) is 18.2 Å². The van der Waals surface area contributed by atoms with Gasteiger partial charge in [0.2, 0.25) is 11.9 Å². The average molecular weight is 331 g/mol. The summed E-state index contributed by atoms with van der Waals surface area (Å²) in [6, 6.07) is 0.925. The topological polar surface area (TPSA) is 75.3 Å². The molecule has 0 aliphatic carbocycles. The molecule has 0 saturated carbocycles. The monoisotopic (exact) mass is 331 g/mol. The molecule has 6 nitrogen and oxygen atoms in total. The van der Waals surface area contributed by atoms with Gasteiger partial charge in [0.05, 0.1) is 0 Å². The fourth-order valence-corrected chi connectivity index (χ4v) is 2.64. The number of amides is 1. The Balaban J connectivity index is 2.30. The zero-order chi connectivity index (χ0) is 17.2. The van der Waals surface area contributed by atoms with E-state index in [-0.39, 0.29) is 24.1 Å². The first kappa shape index (κ1) is 17.3. The number of anilines is 2. The molecule has 9 heteroatoms. The fourth-order valence-electron chi connectivity index (χ4n) is 2.64. The summed E-state index contributed by atoms with van der Waals surface area (Å²) in [6.45, 7) is 0.987. The number of primary amides is 1. The van der Waals surface area contributed by atoms with Gasteiger partial charge in [0, 0.05) is 39.7 Å². The molecule has 0 spiro atoms. The molecule has 23 heavy (non-hydrogen) atoms. The molecule has 1 unspecified atom stereocenters. The number of hydrogen-bond donors (Lipinski definition) is 1. The van der Waals surface area contributed by atoms with Crippen molar-refractivity contribution in [3.05, 3.63) is 11.8 Å². The summed E-state index contributed by atoms with van der Waals surface area (Å²) in [7, 11) is 3.25. The van der Waals surface area contributed by atoms with Gasteiger partial charge in [0.1, 0.15) is 5.82 Å². The van der Waals surface area contributed by atoms with E-state index in [4.69, 9.17) is 5.73 Å². The summed E-state index contributed by atoms with van der Waals surface area (Å²) in [4.78, 5) is 22.1. The fraction of sp³-hybridized carbons (Fsp3) is 0.643. The smallest absolute Gasteiger partial charge is 0.370 e. The normalized spacial score (nSPS) is 18.8. The van der Waals surface area contributed by atoms with E-state index in [9.17, 15) is 18.0 Å². The van der Waals surface area contributed by atoms with Gasteiger partial charge in [-0.05, 0) is 18.8 Å². The first-order chi connectivity index (χ1) is 10.7. The number of carbonyl (C=O) groups is 1. The third-order valence-corrected chi connectivity index (χ3v) is 3.74. The number of hydrogen-bond acceptors (Lipinski definition) is 5. The van der Waals surface area contributed by atoms with Gasteiger partial charge in [-0.1, -0.05) is 0 Å². The Morgan fingerprint density at radius 3 is 2.70 bits per heavy atom. The molecule has 2 N–H and O–H groups in total. The quantitative estimate of drug-likeness (QED) is 0.908. The van der Waals surface area contributed by atoms with E-state index >= 15 is 0 Å². The number of nitrogens with zero attached hydrogens (tertiary/aromatic N) is 4. The van der Waals surface area contributed by atoms with Crippen LogP contribution in [-0.2, 0) is 11.0 Å². The van der Waals surface area contributed by atoms with Gasteiger partial charge >= 0.3 is 6.18 Å². The minimum Gasteiger partial charge on any atom is -0.370 e. The highest BCUT2D eigenvalue weighted by Crippen LogP contribution is 2.32. The second-order valence-corrected chi connectivity index (χ2v) is 5.93. The zero-order valence-electron chi connectivity index (χ0n) is 13.1. The predicted octanol–water partition coefficient (Wildman–Crippen LogP) is 1.65. The highest BCUT2D eigenvalue weighted by molar-refractivity contribution is 5.74. The van der Waals surface area contributed by atoms with Crippen molar-refractivity contribution in [3.63, 3.8) is 0 Å². The number of aromatic nitrogens is 2. The largest absolute Gasteiger partial charge is 0.433 e. The first-order valence-electron chi connectivity index (χ1n) is 7.33. The number of rotatable bonds is 4. The molecular formula is C14H20F3N5O. The molecule has 1 fully saturated rings. The molecule has 1 aromatic heterocycles. The molecule has 1 aliphatic rings. The Morgan fingerprint density at radius 2 is 2.13 bits per heavy atom. The Morgan fingerprint density at radius 1 is 1.43 bits per heavy atom. The molecule has 1 amide bonds. The lowest BCUT2D eigenvalue weighted by molar-refractivity contribution is -0.141. The Labute approximate surface area is 132 Å². The molecular weight excluding hydrogens is 311 g/mol. The average Bonchev–Trinajstić information content (AvgIpc) is 2.45. The van der Waals surface area contributed by atoms with Crippen LogP contribution in [0, 0.1) is 5.92 Å². The molecule has 2 heterocycles. The Kier molecular flexibility index (Phi) is 4.96. The number of carbonyl (C=O) groups excluding carboxylic acids is 1. The maximum Gasteiger partial charge on any atom is 0.433 e. The summed E-state index contributed by atoms with van der Waals surface area (Å²) in [5.41, 5.74) is 4.24. The molecule has 0 bridgehead atoms. The summed E-state index contributed by atoms with van der Waals surface area (Å²) in [5.74, 6) is -0.157. The van der Waals surface area contributed by atoms with E-state index in [2.05, 4.69) is 9.97 Å². The van der Waals surface area contributed by atoms with Crippen molar-refractivity contribution in [3.8, 4) is 0 Å². The van der Waals surface area contributed by atoms with Crippen molar-refractivity contribution < 1.29 is 18.0 Å². The van der Waals surface area contributed by atoms with Gasteiger partial charge in [-0.3, -0.25) is 4.79 Å². The van der Waals surface area contributed by atoms with Crippen LogP contribution in [0.5, 0.6) is 0 Å². The lowest BCUT2D eigenvalue weighted by Gasteiger charge is -2.33. The van der Waals surface area contributed by atoms with Gasteiger partial charge in [0.25, 0.3) is 0 Å². The summed E-state index contributed by atoms with van der Waals surface area (Å²) in [6.07, 6.45) is -2.74. The first-order valence-corrected chi connectivity index (χ1v) is 7.33. The van der Waals surface area contributed by atoms with Crippen LogP contribution in [0.4, 0.5) is 24.9 Å². The van der Waals surface area contributed by atoms with Crippen molar-refractivity contribution in [1.82, 2.24) is 9.97 Å². The SMILES string of the molecule is CN(C)c1cc(C(F)(F)F)nc(N2CCCC(CC(N)=O)C2)n1. The number of halogens is 3. The van der Waals surface area contributed by atoms with E-state index in [0.29, 0.717) is 13.1 Å². The molecule has 1 saturated heterocycles. The molecule has 1 aliphatic heterocycles. The highest BCUT2D eigenvalue weighted by Gasteiger charge is 2.35. The number of nitrogens with two attached hydrogens (primary N) is 1. The van der Waals surface area contributed by atoms with E-state index in [1.165, 1.54) is 4.90 Å². The van der Waals surface area contributed by atoms with Gasteiger partial charge in [-0.25, -0.2) is 4.98 Å². The van der Waals surface area contributed by atoms with Crippen LogP contribution >= 0.6 is 0 Å². The van der Waals surface area contributed by atoms with Gasteiger partial charge in [-0.15, -0.1) is 0 Å². The van der Waals surface area contributed by atoms with Gasteiger partial charge < -0.3 is 15.5 Å². The summed E-state index contributed by atoms with van der Waals surface area (Å²) in [5, 5.41) is 0. The summed E-state index contributed by atoms with van der Waals surface area (Å²) >= 11 is 0. The van der Waals surface area contributed by atoms with E-state index in [0.717, 1.165) is 18.9 Å². The molecule has 1 aromatic rings. The second-order valence-electron chi connectivity index (χ2n) is 5.93. The lowest BCUT2D eigenvalue weighted by Crippen LogP contribution is -2.38. The zero-order valence-corrected chi connectivity index (χ0v) is 13.1. The van der Waals surface area contributed by atoms with Crippen LogP contribution in [0.2, 0.25) is 0 Å². The minimum atomic E-state index is -4.54. The lowest BCUT2D eigenvalue weighted by atomic mass is 9.95. The standard InChI is InChI=1S/C14H20F3N5O/c1-21(2)12-7-10(14(15,16)17)19-13(20-12)22-5-3-4-9(8-22)6-11(18)23/h7,9H,3-6,8H2,1-2H3,(H2,18,23). The molecule has 0 aromatic carbocycles. The maximum absolute atomic E-state index is 13.0. The van der Waals surface area contributed by atoms with Crippen LogP contribution in [0.25, 0.3) is 0 Å². The van der Waals surface area contributed by atoms with Crippen LogP contribution in [-0.4, -0.2) is 43.1 Å². The van der Waals surface area contributed by atoms with Gasteiger partial charge in [0.15, 0.2) is 5.69 Å². The van der Waals surface area contributed by atoms with Crippen LogP contribution < -0.4 is 15.5 Å². The van der Waals surface area contributed by atoms with Crippen molar-refractivity contribution in [1.29, 1.82) is 0 Å². The van der Waals surface area contributed by atoms with E-state index in [1.54, 1.807) is 19.0 Å². The van der Waals surface area contributed by atoms with Crippen molar-refractivity contribution in [2.75, 3.05) is 37.0 Å². The van der Waals surface area contributed by atoms with Crippen molar-refractivity contribution >= 4 is 17.7 Å². The van der Waals surface area contributed by atoms with Crippen LogP contribution in [0.15, 0.2) is 6.07 Å². The van der Waals surface area contributed by atoms with Crippen molar-refractivity contribution in [2.45, 2.75) is 25.4 Å². The van der Waals surface area contributed by atoms with Crippen LogP contribution in [0.1, 0.15) is 25.0 Å². The molecule has 128 valence electrons. The highest BCUT2D eigenvalue weighted by atomic mass is 19.4. The minimum absolute atomic E-state index is 0.0159. The third-order valence-electron chi connectivity index (χ3n) is 3.74. The third kappa shape index (κ3) is 4.46. The Bertz CT molecular complexity index is 576. The van der Waals surface area contributed by atoms with E-state index in [1.807, 2.05) is 0 Å². The molecule has 1 atom stereocenters. The summed E-state index contributed by atoms with van der Waals surface area (Å²) < 4.78 is 39.1. The van der Waals surface area contributed by atoms with E-state index < -0.39 is 17.8 Å². The molecule has 0 radical (unpaired) electrons. The maximum atomic E-state index is 13.0. The second kappa shape index (κ2) is 6.59. The Hall–Kier alpha value is -2.06. The molecule has 2 rings (SSSR count). The number of piperidine rings is 1. The number of alkyl halides is 3.